The summed E-state index contributed by atoms with van der Waals surface area (Å²) in [4.78, 5) is 51.4. The van der Waals surface area contributed by atoms with Crippen molar-refractivity contribution < 1.29 is 31.9 Å². The maximum atomic E-state index is 14.4. The van der Waals surface area contributed by atoms with Crippen LogP contribution < -0.4 is 5.32 Å². The first-order valence-electron chi connectivity index (χ1n) is 12.5. The number of halogens is 4. The van der Waals surface area contributed by atoms with Gasteiger partial charge >= 0.3 is 6.18 Å². The molecule has 4 heterocycles. The Morgan fingerprint density at radius 2 is 1.80 bits per heavy atom. The molecule has 212 valence electrons. The molecular formula is C27H23F4N7O3. The molecule has 0 saturated carbocycles. The van der Waals surface area contributed by atoms with Gasteiger partial charge in [0, 0.05) is 36.7 Å². The van der Waals surface area contributed by atoms with Gasteiger partial charge in [-0.3, -0.25) is 19.1 Å². The van der Waals surface area contributed by atoms with E-state index < -0.39 is 42.4 Å². The van der Waals surface area contributed by atoms with Crippen LogP contribution in [0.3, 0.4) is 0 Å². The zero-order valence-corrected chi connectivity index (χ0v) is 21.8. The van der Waals surface area contributed by atoms with Gasteiger partial charge in [0.15, 0.2) is 5.78 Å². The van der Waals surface area contributed by atoms with Crippen LogP contribution in [0.4, 0.5) is 23.4 Å². The Hall–Kier alpha value is -4.75. The normalized spacial score (nSPS) is 17.2. The molecule has 3 aromatic heterocycles. The highest BCUT2D eigenvalue weighted by Crippen LogP contribution is 2.30. The summed E-state index contributed by atoms with van der Waals surface area (Å²) < 4.78 is 54.7. The van der Waals surface area contributed by atoms with Gasteiger partial charge in [0.1, 0.15) is 41.8 Å². The number of likely N-dealkylation sites (tertiary alicyclic amines) is 1. The Bertz CT molecular complexity index is 1650. The number of alkyl halides is 4. The summed E-state index contributed by atoms with van der Waals surface area (Å²) in [7, 11) is 0. The Morgan fingerprint density at radius 3 is 2.49 bits per heavy atom. The number of ketones is 1. The van der Waals surface area contributed by atoms with Crippen LogP contribution in [0.1, 0.15) is 35.4 Å². The molecule has 1 aromatic carbocycles. The summed E-state index contributed by atoms with van der Waals surface area (Å²) in [5.74, 6) is -1.64. The lowest BCUT2D eigenvalue weighted by atomic mass is 10.0. The number of nitrogens with one attached hydrogen (secondary N) is 1. The number of Topliss-reactive ketones (excluding diaryl/α,β-unsaturated/α-hetero) is 1. The summed E-state index contributed by atoms with van der Waals surface area (Å²) in [6, 6.07) is 6.89. The van der Waals surface area contributed by atoms with Crippen LogP contribution in [0.15, 0.2) is 48.8 Å². The minimum Gasteiger partial charge on any atom is -0.326 e. The fourth-order valence-electron chi connectivity index (χ4n) is 4.68. The van der Waals surface area contributed by atoms with Gasteiger partial charge < -0.3 is 10.2 Å². The van der Waals surface area contributed by atoms with Crippen LogP contribution in [0, 0.1) is 6.92 Å². The number of rotatable bonds is 6. The molecule has 1 aliphatic rings. The third-order valence-electron chi connectivity index (χ3n) is 6.65. The number of aryl methyl sites for hydroxylation is 1. The van der Waals surface area contributed by atoms with Crippen molar-refractivity contribution in [3.63, 3.8) is 0 Å². The number of fused-ring (bicyclic) bond motifs is 1. The summed E-state index contributed by atoms with van der Waals surface area (Å²) in [5, 5.41) is 7.05. The van der Waals surface area contributed by atoms with Gasteiger partial charge in [-0.1, -0.05) is 12.1 Å². The van der Waals surface area contributed by atoms with Crippen molar-refractivity contribution in [1.29, 1.82) is 0 Å². The number of nitrogens with zero attached hydrogens (tertiary/aromatic N) is 6. The highest BCUT2D eigenvalue weighted by Gasteiger charge is 2.40. The quantitative estimate of drug-likeness (QED) is 0.275. The van der Waals surface area contributed by atoms with Crippen LogP contribution in [-0.2, 0) is 22.3 Å². The van der Waals surface area contributed by atoms with Crippen LogP contribution in [0.2, 0.25) is 0 Å². The van der Waals surface area contributed by atoms with Gasteiger partial charge in [0.25, 0.3) is 0 Å². The van der Waals surface area contributed by atoms with E-state index >= 15 is 0 Å². The number of hydrogen-bond acceptors (Lipinski definition) is 7. The van der Waals surface area contributed by atoms with E-state index in [1.54, 1.807) is 37.5 Å². The van der Waals surface area contributed by atoms with Crippen LogP contribution >= 0.6 is 0 Å². The maximum Gasteiger partial charge on any atom is 0.433 e. The fourth-order valence-corrected chi connectivity index (χ4v) is 4.68. The van der Waals surface area contributed by atoms with E-state index in [2.05, 4.69) is 25.4 Å². The van der Waals surface area contributed by atoms with Crippen molar-refractivity contribution in [1.82, 2.24) is 29.6 Å². The molecule has 10 nitrogen and oxygen atoms in total. The van der Waals surface area contributed by atoms with Gasteiger partial charge in [-0.2, -0.15) is 18.3 Å². The summed E-state index contributed by atoms with van der Waals surface area (Å²) >= 11 is 0. The van der Waals surface area contributed by atoms with E-state index in [1.165, 1.54) is 11.6 Å². The lowest BCUT2D eigenvalue weighted by molar-refractivity contribution is -0.141. The molecule has 1 N–H and O–H groups in total. The second-order valence-corrected chi connectivity index (χ2v) is 9.60. The molecule has 0 radical (unpaired) electrons. The second kappa shape index (κ2) is 10.7. The number of aromatic nitrogens is 5. The number of carbonyl (C=O) groups excluding carboxylic acids is 3. The molecule has 2 atom stereocenters. The minimum atomic E-state index is -4.72. The van der Waals surface area contributed by atoms with Crippen molar-refractivity contribution in [2.24, 2.45) is 0 Å². The average molecular weight is 570 g/mol. The Balaban J connectivity index is 1.39. The van der Waals surface area contributed by atoms with E-state index in [0.29, 0.717) is 22.3 Å². The van der Waals surface area contributed by atoms with E-state index in [1.807, 2.05) is 0 Å². The Morgan fingerprint density at radius 1 is 1.07 bits per heavy atom. The number of benzene rings is 1. The molecule has 1 saturated heterocycles. The van der Waals surface area contributed by atoms with Crippen molar-refractivity contribution in [2.75, 3.05) is 11.9 Å². The van der Waals surface area contributed by atoms with Crippen LogP contribution in [0.5, 0.6) is 0 Å². The smallest absolute Gasteiger partial charge is 0.326 e. The molecular weight excluding hydrogens is 546 g/mol. The van der Waals surface area contributed by atoms with E-state index in [-0.39, 0.29) is 30.3 Å². The molecule has 14 heteroatoms. The first-order chi connectivity index (χ1) is 19.4. The average Bonchev–Trinajstić information content (AvgIpc) is 3.49. The zero-order valence-electron chi connectivity index (χ0n) is 21.8. The first-order valence-corrected chi connectivity index (χ1v) is 12.5. The van der Waals surface area contributed by atoms with Gasteiger partial charge in [-0.15, -0.1) is 0 Å². The van der Waals surface area contributed by atoms with E-state index in [4.69, 9.17) is 0 Å². The molecule has 0 spiro atoms. The number of pyridine rings is 1. The number of amides is 2. The summed E-state index contributed by atoms with van der Waals surface area (Å²) in [5.41, 5.74) is 0.822. The second-order valence-electron chi connectivity index (χ2n) is 9.60. The Kier molecular flexibility index (Phi) is 7.24. The molecule has 2 amide bonds. The van der Waals surface area contributed by atoms with E-state index in [9.17, 15) is 31.9 Å². The highest BCUT2D eigenvalue weighted by atomic mass is 19.4. The molecule has 0 bridgehead atoms. The molecule has 1 fully saturated rings. The lowest BCUT2D eigenvalue weighted by Crippen LogP contribution is -2.44. The fraction of sp³-hybridized carbons (Fsp3) is 0.296. The zero-order chi connectivity index (χ0) is 29.5. The minimum absolute atomic E-state index is 0.123. The van der Waals surface area contributed by atoms with Crippen LogP contribution in [-0.4, -0.2) is 66.0 Å². The first kappa shape index (κ1) is 27.8. The van der Waals surface area contributed by atoms with Crippen molar-refractivity contribution in [3.8, 4) is 11.1 Å². The number of anilines is 1. The molecule has 5 rings (SSSR count). The highest BCUT2D eigenvalue weighted by molar-refractivity contribution is 6.06. The third-order valence-corrected chi connectivity index (χ3v) is 6.65. The van der Waals surface area contributed by atoms with E-state index in [0.717, 1.165) is 28.7 Å². The largest absolute Gasteiger partial charge is 0.433 e. The number of hydrogen-bond donors (Lipinski definition) is 1. The SMILES string of the molecule is CC(=O)c1nn(CC(=O)N2C[C@H](F)C[C@H]2C(=O)Nc2cccc(C(F)(F)F)n2)c2ccc(-c3cnc(C)nc3)cc12. The van der Waals surface area contributed by atoms with Gasteiger partial charge in [-0.05, 0) is 36.8 Å². The summed E-state index contributed by atoms with van der Waals surface area (Å²) in [6.45, 7) is 2.30. The van der Waals surface area contributed by atoms with Crippen molar-refractivity contribution >= 4 is 34.3 Å². The molecule has 0 unspecified atom stereocenters. The van der Waals surface area contributed by atoms with Crippen molar-refractivity contribution in [3.05, 3.63) is 66.0 Å². The molecule has 4 aromatic rings. The number of carbonyl (C=O) groups is 3. The lowest BCUT2D eigenvalue weighted by Gasteiger charge is -2.23. The van der Waals surface area contributed by atoms with Gasteiger partial charge in [-0.25, -0.2) is 19.3 Å². The monoisotopic (exact) mass is 569 g/mol. The topological polar surface area (TPSA) is 123 Å². The standard InChI is InChI=1S/C27H23F4N7O3/c1-14(39)25-19-8-16(17-10-32-15(2)33-11-17)6-7-20(19)38(36-25)13-24(40)37-12-18(28)9-21(37)26(41)35-23-5-3-4-22(34-23)27(29,30)31/h3-8,10-11,18,21H,9,12-13H2,1-2H3,(H,34,35,41)/t18-,21+/m1/s1. The van der Waals surface area contributed by atoms with Gasteiger partial charge in [0.05, 0.1) is 12.1 Å². The molecule has 41 heavy (non-hydrogen) atoms. The van der Waals surface area contributed by atoms with Crippen molar-refractivity contribution in [2.45, 2.75) is 45.2 Å². The molecule has 0 aliphatic carbocycles. The maximum absolute atomic E-state index is 14.4. The summed E-state index contributed by atoms with van der Waals surface area (Å²) in [6.07, 6.45) is -3.29. The van der Waals surface area contributed by atoms with Crippen LogP contribution in [0.25, 0.3) is 22.0 Å². The van der Waals surface area contributed by atoms with Gasteiger partial charge in [0.2, 0.25) is 11.8 Å². The predicted molar refractivity (Wildman–Crippen MR) is 138 cm³/mol. The molecule has 1 aliphatic heterocycles. The third kappa shape index (κ3) is 5.76. The Labute approximate surface area is 230 Å². The predicted octanol–water partition coefficient (Wildman–Crippen LogP) is 4.00.